The molecule has 0 unspecified atom stereocenters. The summed E-state index contributed by atoms with van der Waals surface area (Å²) in [6.07, 6.45) is 1.86. The Kier molecular flexibility index (Phi) is 2.52. The average Bonchev–Trinajstić information content (AvgIpc) is 2.55. The number of amides is 2. The van der Waals surface area contributed by atoms with E-state index < -0.39 is 6.03 Å². The van der Waals surface area contributed by atoms with Gasteiger partial charge in [-0.1, -0.05) is 36.4 Å². The van der Waals surface area contributed by atoms with Crippen LogP contribution >= 0.6 is 0 Å². The summed E-state index contributed by atoms with van der Waals surface area (Å²) in [6, 6.07) is 15.4. The van der Waals surface area contributed by atoms with E-state index in [9.17, 15) is 4.79 Å². The Balaban J connectivity index is 2.24. The molecule has 0 atom stereocenters. The Morgan fingerprint density at radius 1 is 0.889 bits per heavy atom. The largest absolute Gasteiger partial charge is 0.351 e. The topological polar surface area (TPSA) is 46.3 Å². The number of hydrogen-bond donors (Lipinski definition) is 1. The lowest BCUT2D eigenvalue weighted by Crippen LogP contribution is -2.32. The summed E-state index contributed by atoms with van der Waals surface area (Å²) in [5.41, 5.74) is 9.67. The highest BCUT2D eigenvalue weighted by molar-refractivity contribution is 6.00. The normalized spacial score (nSPS) is 13.4. The van der Waals surface area contributed by atoms with Crippen LogP contribution in [0.25, 0.3) is 0 Å². The van der Waals surface area contributed by atoms with E-state index in [4.69, 9.17) is 5.73 Å². The lowest BCUT2D eigenvalue weighted by Gasteiger charge is -2.22. The van der Waals surface area contributed by atoms with Crippen LogP contribution in [0.2, 0.25) is 0 Å². The van der Waals surface area contributed by atoms with E-state index in [0.29, 0.717) is 0 Å². The van der Waals surface area contributed by atoms with E-state index >= 15 is 0 Å². The molecule has 0 spiro atoms. The van der Waals surface area contributed by atoms with Crippen LogP contribution in [-0.2, 0) is 12.8 Å². The number of para-hydroxylation sites is 2. The summed E-state index contributed by atoms with van der Waals surface area (Å²) >= 11 is 0. The molecule has 0 saturated carbocycles. The third-order valence-electron chi connectivity index (χ3n) is 3.35. The van der Waals surface area contributed by atoms with Crippen LogP contribution in [0.5, 0.6) is 0 Å². The predicted octanol–water partition coefficient (Wildman–Crippen LogP) is 3.00. The maximum Gasteiger partial charge on any atom is 0.323 e. The third kappa shape index (κ3) is 1.64. The molecule has 0 aliphatic carbocycles. The van der Waals surface area contributed by atoms with Gasteiger partial charge in [-0.2, -0.15) is 0 Å². The first kappa shape index (κ1) is 10.8. The van der Waals surface area contributed by atoms with Crippen molar-refractivity contribution in [2.75, 3.05) is 4.90 Å². The van der Waals surface area contributed by atoms with Gasteiger partial charge in [0, 0.05) is 0 Å². The molecule has 2 aromatic carbocycles. The lowest BCUT2D eigenvalue weighted by molar-refractivity contribution is 0.256. The highest BCUT2D eigenvalue weighted by Crippen LogP contribution is 2.35. The van der Waals surface area contributed by atoms with E-state index in [1.165, 1.54) is 0 Å². The minimum atomic E-state index is -0.434. The number of rotatable bonds is 0. The number of anilines is 2. The van der Waals surface area contributed by atoms with Crippen LogP contribution in [0.4, 0.5) is 16.2 Å². The number of nitrogens with two attached hydrogens (primary N) is 1. The molecule has 1 aliphatic heterocycles. The second-order valence-corrected chi connectivity index (χ2v) is 4.43. The first-order valence-corrected chi connectivity index (χ1v) is 6.03. The summed E-state index contributed by atoms with van der Waals surface area (Å²) in [4.78, 5) is 13.4. The summed E-state index contributed by atoms with van der Waals surface area (Å²) in [6.45, 7) is 0. The van der Waals surface area contributed by atoms with Gasteiger partial charge in [-0.25, -0.2) is 4.79 Å². The molecule has 0 saturated heterocycles. The minimum Gasteiger partial charge on any atom is -0.351 e. The van der Waals surface area contributed by atoms with Gasteiger partial charge >= 0.3 is 6.03 Å². The molecule has 2 aromatic rings. The van der Waals surface area contributed by atoms with Gasteiger partial charge in [-0.05, 0) is 36.1 Å². The number of aryl methyl sites for hydroxylation is 2. The van der Waals surface area contributed by atoms with Crippen molar-refractivity contribution >= 4 is 17.4 Å². The SMILES string of the molecule is NC(=O)N1c2ccccc2CCc2ccccc21. The van der Waals surface area contributed by atoms with Crippen molar-refractivity contribution in [3.63, 3.8) is 0 Å². The number of carbonyl (C=O) groups excluding carboxylic acids is 1. The van der Waals surface area contributed by atoms with Crippen LogP contribution in [0.1, 0.15) is 11.1 Å². The quantitative estimate of drug-likeness (QED) is 0.753. The Hall–Kier alpha value is -2.29. The third-order valence-corrected chi connectivity index (χ3v) is 3.35. The smallest absolute Gasteiger partial charge is 0.323 e. The number of hydrogen-bond acceptors (Lipinski definition) is 1. The molecule has 0 bridgehead atoms. The molecule has 0 radical (unpaired) electrons. The van der Waals surface area contributed by atoms with Crippen molar-refractivity contribution < 1.29 is 4.79 Å². The molecule has 90 valence electrons. The van der Waals surface area contributed by atoms with Crippen LogP contribution in [0.15, 0.2) is 48.5 Å². The second-order valence-electron chi connectivity index (χ2n) is 4.43. The number of primary amides is 1. The Labute approximate surface area is 106 Å². The van der Waals surface area contributed by atoms with E-state index in [0.717, 1.165) is 35.3 Å². The lowest BCUT2D eigenvalue weighted by atomic mass is 10.0. The zero-order valence-corrected chi connectivity index (χ0v) is 9.97. The van der Waals surface area contributed by atoms with E-state index in [2.05, 4.69) is 12.1 Å². The van der Waals surface area contributed by atoms with Crippen molar-refractivity contribution in [3.05, 3.63) is 59.7 Å². The average molecular weight is 238 g/mol. The van der Waals surface area contributed by atoms with Gasteiger partial charge in [0.2, 0.25) is 0 Å². The highest BCUT2D eigenvalue weighted by Gasteiger charge is 2.23. The standard InChI is InChI=1S/C15H14N2O/c16-15(18)17-13-7-3-1-5-11(13)9-10-12-6-2-4-8-14(12)17/h1-8H,9-10H2,(H2,16,18). The van der Waals surface area contributed by atoms with Gasteiger partial charge < -0.3 is 5.73 Å². The molecular formula is C15H14N2O. The van der Waals surface area contributed by atoms with Gasteiger partial charge in [0.15, 0.2) is 0 Å². The molecule has 3 rings (SSSR count). The fourth-order valence-electron chi connectivity index (χ4n) is 2.52. The fraction of sp³-hybridized carbons (Fsp3) is 0.133. The van der Waals surface area contributed by atoms with E-state index in [-0.39, 0.29) is 0 Å². The van der Waals surface area contributed by atoms with Crippen molar-refractivity contribution in [3.8, 4) is 0 Å². The molecule has 2 amide bonds. The monoisotopic (exact) mass is 238 g/mol. The zero-order valence-electron chi connectivity index (χ0n) is 9.97. The summed E-state index contributed by atoms with van der Waals surface area (Å²) in [5.74, 6) is 0. The molecule has 18 heavy (non-hydrogen) atoms. The Morgan fingerprint density at radius 2 is 1.33 bits per heavy atom. The molecule has 0 fully saturated rings. The first-order chi connectivity index (χ1) is 8.77. The summed E-state index contributed by atoms with van der Waals surface area (Å²) in [5, 5.41) is 0. The summed E-state index contributed by atoms with van der Waals surface area (Å²) in [7, 11) is 0. The molecule has 3 heteroatoms. The van der Waals surface area contributed by atoms with Gasteiger partial charge in [0.25, 0.3) is 0 Å². The minimum absolute atomic E-state index is 0.434. The molecule has 1 heterocycles. The molecule has 0 aromatic heterocycles. The second kappa shape index (κ2) is 4.18. The molecular weight excluding hydrogens is 224 g/mol. The van der Waals surface area contributed by atoms with Crippen LogP contribution < -0.4 is 10.6 Å². The van der Waals surface area contributed by atoms with Crippen molar-refractivity contribution in [2.24, 2.45) is 5.73 Å². The number of urea groups is 1. The van der Waals surface area contributed by atoms with Crippen LogP contribution in [0.3, 0.4) is 0 Å². The van der Waals surface area contributed by atoms with Crippen LogP contribution in [-0.4, -0.2) is 6.03 Å². The zero-order chi connectivity index (χ0) is 12.5. The van der Waals surface area contributed by atoms with Crippen LogP contribution in [0, 0.1) is 0 Å². The van der Waals surface area contributed by atoms with Gasteiger partial charge in [0.05, 0.1) is 11.4 Å². The maximum atomic E-state index is 11.8. The van der Waals surface area contributed by atoms with Gasteiger partial charge in [-0.15, -0.1) is 0 Å². The number of benzene rings is 2. The molecule has 1 aliphatic rings. The van der Waals surface area contributed by atoms with Crippen molar-refractivity contribution in [2.45, 2.75) is 12.8 Å². The molecule has 3 nitrogen and oxygen atoms in total. The summed E-state index contributed by atoms with van der Waals surface area (Å²) < 4.78 is 0. The molecule has 2 N–H and O–H groups in total. The first-order valence-electron chi connectivity index (χ1n) is 6.03. The Bertz CT molecular complexity index is 559. The van der Waals surface area contributed by atoms with E-state index in [1.54, 1.807) is 4.90 Å². The van der Waals surface area contributed by atoms with Crippen molar-refractivity contribution in [1.29, 1.82) is 0 Å². The Morgan fingerprint density at radius 3 is 1.78 bits per heavy atom. The highest BCUT2D eigenvalue weighted by atomic mass is 16.2. The fourth-order valence-corrected chi connectivity index (χ4v) is 2.52. The van der Waals surface area contributed by atoms with E-state index in [1.807, 2.05) is 36.4 Å². The van der Waals surface area contributed by atoms with Crippen molar-refractivity contribution in [1.82, 2.24) is 0 Å². The van der Waals surface area contributed by atoms with Gasteiger partial charge in [-0.3, -0.25) is 4.90 Å². The maximum absolute atomic E-state index is 11.8. The number of fused-ring (bicyclic) bond motifs is 2. The predicted molar refractivity (Wildman–Crippen MR) is 72.0 cm³/mol. The number of carbonyl (C=O) groups is 1. The van der Waals surface area contributed by atoms with Gasteiger partial charge in [0.1, 0.15) is 0 Å². The number of nitrogens with zero attached hydrogens (tertiary/aromatic N) is 1.